The van der Waals surface area contributed by atoms with Crippen LogP contribution >= 0.6 is 15.9 Å². The normalized spacial score (nSPS) is 12.3. The molecule has 0 fully saturated rings. The Hall–Kier alpha value is -0.510. The predicted octanol–water partition coefficient (Wildman–Crippen LogP) is 1.69. The second kappa shape index (κ2) is 6.60. The lowest BCUT2D eigenvalue weighted by molar-refractivity contribution is 0.153. The van der Waals surface area contributed by atoms with Gasteiger partial charge in [0.1, 0.15) is 10.7 Å². The molecule has 1 rings (SSSR count). The second-order valence-corrected chi connectivity index (χ2v) is 5.83. The Morgan fingerprint density at radius 2 is 2.17 bits per heavy atom. The van der Waals surface area contributed by atoms with Crippen molar-refractivity contribution < 1.29 is 21.6 Å². The van der Waals surface area contributed by atoms with Crippen molar-refractivity contribution in [1.29, 1.82) is 0 Å². The van der Waals surface area contributed by atoms with Gasteiger partial charge >= 0.3 is 0 Å². The van der Waals surface area contributed by atoms with Gasteiger partial charge in [-0.05, 0) is 22.5 Å². The van der Waals surface area contributed by atoms with Crippen molar-refractivity contribution in [2.75, 3.05) is 13.1 Å². The van der Waals surface area contributed by atoms with E-state index < -0.39 is 23.0 Å². The number of nitrogens with one attached hydrogen (secondary N) is 2. The van der Waals surface area contributed by atoms with Gasteiger partial charge in [-0.3, -0.25) is 0 Å². The highest BCUT2D eigenvalue weighted by Gasteiger charge is 2.23. The van der Waals surface area contributed by atoms with Crippen LogP contribution in [0.15, 0.2) is 20.0 Å². The molecule has 0 aliphatic carbocycles. The minimum Gasteiger partial charge on any atom is -0.452 e. The third-order valence-corrected chi connectivity index (χ3v) is 4.25. The maximum Gasteiger partial charge on any atom is 0.251 e. The molecule has 0 saturated heterocycles. The smallest absolute Gasteiger partial charge is 0.251 e. The summed E-state index contributed by atoms with van der Waals surface area (Å²) in [6, 6.07) is 1.29. The molecule has 104 valence electrons. The van der Waals surface area contributed by atoms with Gasteiger partial charge in [0.2, 0.25) is 10.0 Å². The molecule has 0 aliphatic heterocycles. The molecule has 1 aromatic rings. The van der Waals surface area contributed by atoms with Gasteiger partial charge in [0.25, 0.3) is 6.43 Å². The van der Waals surface area contributed by atoms with E-state index in [4.69, 9.17) is 4.42 Å². The summed E-state index contributed by atoms with van der Waals surface area (Å²) in [7, 11) is -3.99. The number of rotatable bonds is 7. The fraction of sp³-hybridized carbons (Fsp3) is 0.556. The van der Waals surface area contributed by atoms with Gasteiger partial charge in [-0.25, -0.2) is 21.9 Å². The van der Waals surface area contributed by atoms with E-state index in [-0.39, 0.29) is 9.56 Å². The van der Waals surface area contributed by atoms with Crippen LogP contribution in [-0.2, 0) is 16.6 Å². The van der Waals surface area contributed by atoms with Crippen LogP contribution in [0.25, 0.3) is 0 Å². The fourth-order valence-corrected chi connectivity index (χ4v) is 3.17. The summed E-state index contributed by atoms with van der Waals surface area (Å²) < 4.78 is 54.3. The van der Waals surface area contributed by atoms with Crippen LogP contribution in [0.1, 0.15) is 12.7 Å². The molecule has 9 heteroatoms. The summed E-state index contributed by atoms with van der Waals surface area (Å²) in [4.78, 5) is -0.184. The average Bonchev–Trinajstić information content (AvgIpc) is 2.66. The second-order valence-electron chi connectivity index (χ2n) is 3.37. The lowest BCUT2D eigenvalue weighted by Crippen LogP contribution is -2.28. The Balaban J connectivity index is 2.84. The molecule has 0 radical (unpaired) electrons. The minimum absolute atomic E-state index is 0.00262. The first-order valence-electron chi connectivity index (χ1n) is 5.13. The molecule has 1 heterocycles. The molecule has 5 nitrogen and oxygen atoms in total. The first-order chi connectivity index (χ1) is 8.36. The monoisotopic (exact) mass is 346 g/mol. The van der Waals surface area contributed by atoms with Crippen LogP contribution < -0.4 is 10.0 Å². The fourth-order valence-electron chi connectivity index (χ4n) is 1.17. The Kier molecular flexibility index (Phi) is 5.70. The van der Waals surface area contributed by atoms with Crippen molar-refractivity contribution in [3.8, 4) is 0 Å². The van der Waals surface area contributed by atoms with Crippen molar-refractivity contribution in [3.05, 3.63) is 16.5 Å². The zero-order valence-corrected chi connectivity index (χ0v) is 11.9. The Morgan fingerprint density at radius 3 is 2.72 bits per heavy atom. The molecular weight excluding hydrogens is 334 g/mol. The number of halogens is 3. The summed E-state index contributed by atoms with van der Waals surface area (Å²) in [5.74, 6) is 0.404. The highest BCUT2D eigenvalue weighted by Crippen LogP contribution is 2.26. The highest BCUT2D eigenvalue weighted by atomic mass is 79.9. The van der Waals surface area contributed by atoms with E-state index in [9.17, 15) is 17.2 Å². The largest absolute Gasteiger partial charge is 0.452 e. The van der Waals surface area contributed by atoms with E-state index in [0.29, 0.717) is 18.8 Å². The molecule has 2 N–H and O–H groups in total. The molecule has 0 bridgehead atoms. The SMILES string of the molecule is CCNCc1cc(S(=O)(=O)NCC(F)F)c(Br)o1. The quantitative estimate of drug-likeness (QED) is 0.788. The summed E-state index contributed by atoms with van der Waals surface area (Å²) in [6.45, 7) is 2.02. The zero-order chi connectivity index (χ0) is 13.8. The molecule has 0 amide bonds. The average molecular weight is 347 g/mol. The van der Waals surface area contributed by atoms with Crippen molar-refractivity contribution in [2.24, 2.45) is 0 Å². The maximum atomic E-state index is 12.0. The number of hydrogen-bond donors (Lipinski definition) is 2. The third kappa shape index (κ3) is 4.30. The van der Waals surface area contributed by atoms with Crippen LogP contribution in [0.2, 0.25) is 0 Å². The lowest BCUT2D eigenvalue weighted by atomic mass is 10.4. The molecular formula is C9H13BrF2N2O3S. The lowest BCUT2D eigenvalue weighted by Gasteiger charge is -2.03. The Morgan fingerprint density at radius 1 is 1.50 bits per heavy atom. The van der Waals surface area contributed by atoms with Gasteiger partial charge in [0.05, 0.1) is 13.1 Å². The topological polar surface area (TPSA) is 71.3 Å². The van der Waals surface area contributed by atoms with Crippen LogP contribution in [0.3, 0.4) is 0 Å². The van der Waals surface area contributed by atoms with E-state index in [1.165, 1.54) is 6.07 Å². The van der Waals surface area contributed by atoms with E-state index in [1.807, 2.05) is 6.92 Å². The van der Waals surface area contributed by atoms with Gasteiger partial charge < -0.3 is 9.73 Å². The number of alkyl halides is 2. The van der Waals surface area contributed by atoms with E-state index in [1.54, 1.807) is 4.72 Å². The molecule has 0 aliphatic rings. The van der Waals surface area contributed by atoms with Crippen LogP contribution in [-0.4, -0.2) is 27.9 Å². The first kappa shape index (κ1) is 15.5. The minimum atomic E-state index is -3.99. The predicted molar refractivity (Wildman–Crippen MR) is 65.0 cm³/mol. The standard InChI is InChI=1S/C9H13BrF2N2O3S/c1-2-13-4-6-3-7(9(10)17-6)18(15,16)14-5-8(11)12/h3,8,13-14H,2,4-5H2,1H3. The van der Waals surface area contributed by atoms with Gasteiger partial charge in [-0.15, -0.1) is 0 Å². The molecule has 0 spiro atoms. The molecule has 0 unspecified atom stereocenters. The summed E-state index contributed by atoms with van der Waals surface area (Å²) in [5, 5.41) is 2.96. The van der Waals surface area contributed by atoms with E-state index in [2.05, 4.69) is 21.2 Å². The molecule has 1 aromatic heterocycles. The Labute approximate surface area is 112 Å². The first-order valence-corrected chi connectivity index (χ1v) is 7.41. The summed E-state index contributed by atoms with van der Waals surface area (Å²) in [5.41, 5.74) is 0. The summed E-state index contributed by atoms with van der Waals surface area (Å²) in [6.07, 6.45) is -2.74. The zero-order valence-electron chi connectivity index (χ0n) is 9.54. The van der Waals surface area contributed by atoms with E-state index in [0.717, 1.165) is 0 Å². The third-order valence-electron chi connectivity index (χ3n) is 1.97. The highest BCUT2D eigenvalue weighted by molar-refractivity contribution is 9.10. The molecule has 18 heavy (non-hydrogen) atoms. The maximum absolute atomic E-state index is 12.0. The van der Waals surface area contributed by atoms with Gasteiger partial charge in [-0.2, -0.15) is 0 Å². The van der Waals surface area contributed by atoms with Gasteiger partial charge in [0, 0.05) is 6.07 Å². The van der Waals surface area contributed by atoms with Gasteiger partial charge in [0.15, 0.2) is 4.67 Å². The van der Waals surface area contributed by atoms with Crippen molar-refractivity contribution in [1.82, 2.24) is 10.0 Å². The molecule has 0 atom stereocenters. The summed E-state index contributed by atoms with van der Waals surface area (Å²) >= 11 is 2.95. The van der Waals surface area contributed by atoms with Crippen LogP contribution in [0, 0.1) is 0 Å². The number of sulfonamides is 1. The molecule has 0 saturated carbocycles. The van der Waals surface area contributed by atoms with E-state index >= 15 is 0 Å². The van der Waals surface area contributed by atoms with Crippen LogP contribution in [0.4, 0.5) is 8.78 Å². The number of hydrogen-bond acceptors (Lipinski definition) is 4. The van der Waals surface area contributed by atoms with Crippen LogP contribution in [0.5, 0.6) is 0 Å². The molecule has 0 aromatic carbocycles. The number of furan rings is 1. The van der Waals surface area contributed by atoms with Crippen molar-refractivity contribution in [3.63, 3.8) is 0 Å². The van der Waals surface area contributed by atoms with Gasteiger partial charge in [-0.1, -0.05) is 6.92 Å². The van der Waals surface area contributed by atoms with Crippen molar-refractivity contribution in [2.45, 2.75) is 24.8 Å². The van der Waals surface area contributed by atoms with Crippen molar-refractivity contribution >= 4 is 26.0 Å². The Bertz CT molecular complexity index is 490.